The lowest BCUT2D eigenvalue weighted by Crippen LogP contribution is -2.28. The Bertz CT molecular complexity index is 205. The van der Waals surface area contributed by atoms with Crippen LogP contribution in [0.5, 0.6) is 0 Å². The third-order valence-electron chi connectivity index (χ3n) is 4.28. The van der Waals surface area contributed by atoms with Gasteiger partial charge in [0.2, 0.25) is 0 Å². The molecule has 15 heavy (non-hydrogen) atoms. The van der Waals surface area contributed by atoms with Gasteiger partial charge in [-0.15, -0.1) is 0 Å². The van der Waals surface area contributed by atoms with Crippen LogP contribution >= 0.6 is 0 Å². The van der Waals surface area contributed by atoms with Crippen LogP contribution in [0.1, 0.15) is 52.9 Å². The number of hydrogen-bond acceptors (Lipinski definition) is 1. The summed E-state index contributed by atoms with van der Waals surface area (Å²) in [5.74, 6) is 1.84. The van der Waals surface area contributed by atoms with Crippen molar-refractivity contribution in [3.8, 4) is 0 Å². The van der Waals surface area contributed by atoms with Crippen LogP contribution in [0.25, 0.3) is 0 Å². The van der Waals surface area contributed by atoms with Gasteiger partial charge in [-0.05, 0) is 49.5 Å². The topological polar surface area (TPSA) is 3.24 Å². The number of rotatable bonds is 5. The van der Waals surface area contributed by atoms with Crippen LogP contribution in [0.15, 0.2) is 0 Å². The predicted octanol–water partition coefficient (Wildman–Crippen LogP) is 3.54. The molecule has 1 unspecified atom stereocenters. The zero-order valence-electron chi connectivity index (χ0n) is 10.8. The van der Waals surface area contributed by atoms with Crippen molar-refractivity contribution in [2.45, 2.75) is 52.9 Å². The summed E-state index contributed by atoms with van der Waals surface area (Å²) >= 11 is 0. The molecule has 0 bridgehead atoms. The first-order chi connectivity index (χ1) is 7.10. The number of likely N-dealkylation sites (tertiary alicyclic amines) is 1. The first-order valence-electron chi connectivity index (χ1n) is 6.82. The molecule has 0 aromatic carbocycles. The molecule has 0 aromatic heterocycles. The van der Waals surface area contributed by atoms with Gasteiger partial charge in [-0.2, -0.15) is 0 Å². The van der Waals surface area contributed by atoms with E-state index >= 15 is 0 Å². The van der Waals surface area contributed by atoms with Crippen LogP contribution in [0.2, 0.25) is 0 Å². The highest BCUT2D eigenvalue weighted by Crippen LogP contribution is 2.51. The Labute approximate surface area is 95.2 Å². The molecular formula is C14H27N. The fourth-order valence-electron chi connectivity index (χ4n) is 2.90. The lowest BCUT2D eigenvalue weighted by Gasteiger charge is -2.23. The molecule has 88 valence electrons. The number of nitrogens with zero attached hydrogens (tertiary/aromatic N) is 1. The Morgan fingerprint density at radius 2 is 2.07 bits per heavy atom. The van der Waals surface area contributed by atoms with Gasteiger partial charge in [0.1, 0.15) is 0 Å². The zero-order valence-corrected chi connectivity index (χ0v) is 10.8. The molecule has 0 aromatic rings. The highest BCUT2D eigenvalue weighted by atomic mass is 15.2. The Kier molecular flexibility index (Phi) is 3.39. The van der Waals surface area contributed by atoms with Gasteiger partial charge in [-0.25, -0.2) is 0 Å². The summed E-state index contributed by atoms with van der Waals surface area (Å²) in [5, 5.41) is 0. The minimum atomic E-state index is 0.758. The molecule has 1 aliphatic carbocycles. The van der Waals surface area contributed by atoms with E-state index in [0.717, 1.165) is 17.3 Å². The van der Waals surface area contributed by atoms with Gasteiger partial charge in [0.15, 0.2) is 0 Å². The molecule has 1 nitrogen and oxygen atoms in total. The molecule has 0 N–H and O–H groups in total. The summed E-state index contributed by atoms with van der Waals surface area (Å²) in [6.07, 6.45) is 7.36. The van der Waals surface area contributed by atoms with E-state index in [4.69, 9.17) is 0 Å². The van der Waals surface area contributed by atoms with Gasteiger partial charge in [0.05, 0.1) is 0 Å². The summed E-state index contributed by atoms with van der Waals surface area (Å²) in [6, 6.07) is 0. The molecule has 1 heteroatoms. The third kappa shape index (κ3) is 3.21. The Morgan fingerprint density at radius 1 is 1.33 bits per heavy atom. The van der Waals surface area contributed by atoms with Crippen molar-refractivity contribution < 1.29 is 0 Å². The van der Waals surface area contributed by atoms with Gasteiger partial charge in [0, 0.05) is 13.1 Å². The molecule has 1 saturated carbocycles. The van der Waals surface area contributed by atoms with Crippen molar-refractivity contribution in [3.05, 3.63) is 0 Å². The van der Waals surface area contributed by atoms with Gasteiger partial charge in [-0.1, -0.05) is 27.2 Å². The minimum absolute atomic E-state index is 0.758. The van der Waals surface area contributed by atoms with E-state index in [0.29, 0.717) is 0 Å². The molecule has 1 saturated heterocycles. The van der Waals surface area contributed by atoms with E-state index in [2.05, 4.69) is 25.7 Å². The van der Waals surface area contributed by atoms with Crippen molar-refractivity contribution in [2.75, 3.05) is 19.6 Å². The Balaban J connectivity index is 1.73. The molecule has 0 radical (unpaired) electrons. The number of hydrogen-bond donors (Lipinski definition) is 0. The molecule has 2 aliphatic rings. The summed E-state index contributed by atoms with van der Waals surface area (Å²) in [4.78, 5) is 2.72. The van der Waals surface area contributed by atoms with Gasteiger partial charge < -0.3 is 4.90 Å². The van der Waals surface area contributed by atoms with Crippen molar-refractivity contribution in [1.29, 1.82) is 0 Å². The summed E-state index contributed by atoms with van der Waals surface area (Å²) < 4.78 is 0. The molecule has 1 heterocycles. The summed E-state index contributed by atoms with van der Waals surface area (Å²) in [6.45, 7) is 11.2. The third-order valence-corrected chi connectivity index (χ3v) is 4.28. The molecule has 1 aliphatic heterocycles. The standard InChI is InChI=1S/C14H27N/c1-12(2)4-6-14(7-8-14)11-15-9-5-13(3)10-15/h12-13H,4-11H2,1-3H3. The quantitative estimate of drug-likeness (QED) is 0.669. The van der Waals surface area contributed by atoms with Crippen molar-refractivity contribution >= 4 is 0 Å². The van der Waals surface area contributed by atoms with E-state index in [1.165, 1.54) is 51.7 Å². The van der Waals surface area contributed by atoms with Crippen molar-refractivity contribution in [3.63, 3.8) is 0 Å². The molecule has 1 atom stereocenters. The summed E-state index contributed by atoms with van der Waals surface area (Å²) in [7, 11) is 0. The lowest BCUT2D eigenvalue weighted by atomic mass is 9.95. The largest absolute Gasteiger partial charge is 0.303 e. The van der Waals surface area contributed by atoms with Gasteiger partial charge in [-0.3, -0.25) is 0 Å². The predicted molar refractivity (Wildman–Crippen MR) is 66.0 cm³/mol. The Morgan fingerprint density at radius 3 is 2.53 bits per heavy atom. The first-order valence-corrected chi connectivity index (χ1v) is 6.82. The summed E-state index contributed by atoms with van der Waals surface area (Å²) in [5.41, 5.74) is 0.758. The van der Waals surface area contributed by atoms with Crippen LogP contribution in [0.3, 0.4) is 0 Å². The maximum atomic E-state index is 2.72. The average Bonchev–Trinajstić information content (AvgIpc) is 2.81. The normalized spacial score (nSPS) is 30.0. The average molecular weight is 209 g/mol. The first kappa shape index (κ1) is 11.4. The van der Waals surface area contributed by atoms with Crippen LogP contribution in [-0.2, 0) is 0 Å². The van der Waals surface area contributed by atoms with Crippen LogP contribution in [0, 0.1) is 17.3 Å². The maximum absolute atomic E-state index is 2.72. The minimum Gasteiger partial charge on any atom is -0.303 e. The van der Waals surface area contributed by atoms with E-state index in [1.54, 1.807) is 0 Å². The molecule has 0 spiro atoms. The molecule has 2 fully saturated rings. The lowest BCUT2D eigenvalue weighted by molar-refractivity contribution is 0.239. The fraction of sp³-hybridized carbons (Fsp3) is 1.00. The Hall–Kier alpha value is -0.0400. The van der Waals surface area contributed by atoms with Gasteiger partial charge in [0.25, 0.3) is 0 Å². The SMILES string of the molecule is CC(C)CCC1(CN2CCC(C)C2)CC1. The maximum Gasteiger partial charge on any atom is 0.00381 e. The van der Waals surface area contributed by atoms with E-state index in [-0.39, 0.29) is 0 Å². The molecule has 0 amide bonds. The smallest absolute Gasteiger partial charge is 0.00381 e. The van der Waals surface area contributed by atoms with Crippen LogP contribution in [0.4, 0.5) is 0 Å². The second-order valence-electron chi connectivity index (χ2n) is 6.56. The van der Waals surface area contributed by atoms with Crippen LogP contribution in [-0.4, -0.2) is 24.5 Å². The van der Waals surface area contributed by atoms with Crippen molar-refractivity contribution in [2.24, 2.45) is 17.3 Å². The zero-order chi connectivity index (χ0) is 10.9. The van der Waals surface area contributed by atoms with E-state index in [9.17, 15) is 0 Å². The highest BCUT2D eigenvalue weighted by Gasteiger charge is 2.43. The highest BCUT2D eigenvalue weighted by molar-refractivity contribution is 4.96. The molecule has 2 rings (SSSR count). The molecular weight excluding hydrogens is 182 g/mol. The van der Waals surface area contributed by atoms with E-state index in [1.807, 2.05) is 0 Å². The second kappa shape index (κ2) is 4.45. The van der Waals surface area contributed by atoms with Crippen molar-refractivity contribution in [1.82, 2.24) is 4.90 Å². The van der Waals surface area contributed by atoms with E-state index < -0.39 is 0 Å². The fourth-order valence-corrected chi connectivity index (χ4v) is 2.90. The monoisotopic (exact) mass is 209 g/mol. The van der Waals surface area contributed by atoms with Gasteiger partial charge >= 0.3 is 0 Å². The van der Waals surface area contributed by atoms with Crippen LogP contribution < -0.4 is 0 Å². The second-order valence-corrected chi connectivity index (χ2v) is 6.56.